The average Bonchev–Trinajstić information content (AvgIpc) is 3.35. The largest absolute Gasteiger partial charge is 0.493 e. The fourth-order valence-corrected chi connectivity index (χ4v) is 5.61. The van der Waals surface area contributed by atoms with Gasteiger partial charge in [0.05, 0.1) is 36.1 Å². The molecule has 0 bridgehead atoms. The number of aliphatic hydroxyl groups excluding tert-OH is 1. The molecule has 174 valence electrons. The topological polar surface area (TPSA) is 91.3 Å². The Morgan fingerprint density at radius 1 is 1.09 bits per heavy atom. The van der Waals surface area contributed by atoms with Crippen molar-refractivity contribution in [1.82, 2.24) is 4.31 Å². The molecule has 2 heterocycles. The van der Waals surface area contributed by atoms with Gasteiger partial charge in [0.1, 0.15) is 5.75 Å². The number of benzene rings is 2. The Labute approximate surface area is 189 Å². The maximum atomic E-state index is 13.2. The number of rotatable bonds is 8. The van der Waals surface area contributed by atoms with Crippen LogP contribution < -0.4 is 15.0 Å². The van der Waals surface area contributed by atoms with Crippen LogP contribution in [0.1, 0.15) is 31.6 Å². The maximum Gasteiger partial charge on any atom is 0.243 e. The van der Waals surface area contributed by atoms with Crippen molar-refractivity contribution in [2.45, 2.75) is 30.9 Å². The van der Waals surface area contributed by atoms with Gasteiger partial charge in [0.2, 0.25) is 10.0 Å². The molecule has 2 aromatic carbocycles. The molecule has 9 heteroatoms. The molecule has 0 unspecified atom stereocenters. The maximum absolute atomic E-state index is 13.2. The monoisotopic (exact) mass is 461 g/mol. The van der Waals surface area contributed by atoms with E-state index in [1.165, 1.54) is 4.31 Å². The summed E-state index contributed by atoms with van der Waals surface area (Å²) in [5, 5.41) is 14.1. The molecule has 0 spiro atoms. The highest BCUT2D eigenvalue weighted by molar-refractivity contribution is 7.89. The van der Waals surface area contributed by atoms with E-state index < -0.39 is 16.3 Å². The average molecular weight is 462 g/mol. The van der Waals surface area contributed by atoms with Gasteiger partial charge in [0.25, 0.3) is 0 Å². The lowest BCUT2D eigenvalue weighted by Crippen LogP contribution is -2.40. The molecule has 2 aliphatic heterocycles. The summed E-state index contributed by atoms with van der Waals surface area (Å²) in [5.74, 6) is 0.592. The Balaban J connectivity index is 1.68. The Morgan fingerprint density at radius 2 is 1.81 bits per heavy atom. The van der Waals surface area contributed by atoms with Crippen molar-refractivity contribution >= 4 is 21.4 Å². The Hall–Kier alpha value is -2.33. The minimum atomic E-state index is -3.65. The summed E-state index contributed by atoms with van der Waals surface area (Å²) in [6.45, 7) is 5.63. The van der Waals surface area contributed by atoms with E-state index in [0.29, 0.717) is 49.9 Å². The number of hydrogen-bond donors (Lipinski definition) is 2. The minimum Gasteiger partial charge on any atom is -0.493 e. The van der Waals surface area contributed by atoms with Gasteiger partial charge in [-0.1, -0.05) is 18.2 Å². The Morgan fingerprint density at radius 3 is 2.53 bits per heavy atom. The van der Waals surface area contributed by atoms with Gasteiger partial charge in [0, 0.05) is 31.7 Å². The summed E-state index contributed by atoms with van der Waals surface area (Å²) >= 11 is 0. The summed E-state index contributed by atoms with van der Waals surface area (Å²) in [4.78, 5) is 2.42. The normalized spacial score (nSPS) is 18.5. The Bertz CT molecular complexity index is 1020. The molecule has 0 radical (unpaired) electrons. The molecule has 0 saturated carbocycles. The number of nitrogens with one attached hydrogen (secondary N) is 1. The molecule has 2 aromatic rings. The summed E-state index contributed by atoms with van der Waals surface area (Å²) < 4.78 is 38.8. The number of morpholine rings is 1. The molecule has 0 amide bonds. The third kappa shape index (κ3) is 4.85. The van der Waals surface area contributed by atoms with E-state index in [2.05, 4.69) is 10.2 Å². The first-order valence-electron chi connectivity index (χ1n) is 11.1. The van der Waals surface area contributed by atoms with Gasteiger partial charge in [0.15, 0.2) is 6.23 Å². The van der Waals surface area contributed by atoms with E-state index >= 15 is 0 Å². The van der Waals surface area contributed by atoms with E-state index in [9.17, 15) is 13.5 Å². The first-order chi connectivity index (χ1) is 15.5. The quantitative estimate of drug-likeness (QED) is 0.584. The molecule has 2 N–H and O–H groups in total. The van der Waals surface area contributed by atoms with Gasteiger partial charge in [-0.3, -0.25) is 0 Å². The van der Waals surface area contributed by atoms with Gasteiger partial charge >= 0.3 is 0 Å². The van der Waals surface area contributed by atoms with Crippen molar-refractivity contribution in [2.24, 2.45) is 0 Å². The fraction of sp³-hybridized carbons (Fsp3) is 0.478. The van der Waals surface area contributed by atoms with Crippen LogP contribution in [-0.4, -0.2) is 63.8 Å². The van der Waals surface area contributed by atoms with E-state index in [1.807, 2.05) is 31.2 Å². The van der Waals surface area contributed by atoms with Crippen molar-refractivity contribution in [2.75, 3.05) is 56.2 Å². The van der Waals surface area contributed by atoms with Crippen LogP contribution >= 0.6 is 0 Å². The van der Waals surface area contributed by atoms with Crippen molar-refractivity contribution < 1.29 is 23.0 Å². The number of para-hydroxylation sites is 1. The number of aliphatic hydroxyl groups is 1. The smallest absolute Gasteiger partial charge is 0.243 e. The highest BCUT2D eigenvalue weighted by atomic mass is 32.2. The molecule has 8 nitrogen and oxygen atoms in total. The molecule has 4 rings (SSSR count). The molecule has 2 saturated heterocycles. The third-order valence-electron chi connectivity index (χ3n) is 5.83. The molecule has 32 heavy (non-hydrogen) atoms. The van der Waals surface area contributed by atoms with Crippen molar-refractivity contribution in [1.29, 1.82) is 0 Å². The molecular formula is C23H31N3O5S. The van der Waals surface area contributed by atoms with E-state index in [1.54, 1.807) is 18.2 Å². The molecule has 0 aliphatic carbocycles. The zero-order valence-corrected chi connectivity index (χ0v) is 19.2. The van der Waals surface area contributed by atoms with Gasteiger partial charge in [-0.2, -0.15) is 4.31 Å². The fourth-order valence-electron chi connectivity index (χ4n) is 4.18. The number of hydrogen-bond acceptors (Lipinski definition) is 7. The van der Waals surface area contributed by atoms with Crippen LogP contribution in [0.5, 0.6) is 5.75 Å². The standard InChI is InChI=1S/C23H31N3O5S/c1-2-31-22-8-4-3-7-19(22)23(27)24-20-17-18(9-10-21(20)25-11-5-6-12-25)32(28,29)26-13-15-30-16-14-26/h3-4,7-10,17,23-24,27H,2,5-6,11-16H2,1H3/t23-/m0/s1. The second-order valence-corrected chi connectivity index (χ2v) is 9.85. The summed E-state index contributed by atoms with van der Waals surface area (Å²) in [7, 11) is -3.65. The molecule has 1 atom stereocenters. The van der Waals surface area contributed by atoms with Crippen molar-refractivity contribution in [3.8, 4) is 5.75 Å². The Kier molecular flexibility index (Phi) is 7.20. The first-order valence-corrected chi connectivity index (χ1v) is 12.6. The molecular weight excluding hydrogens is 430 g/mol. The van der Waals surface area contributed by atoms with Crippen molar-refractivity contribution in [3.63, 3.8) is 0 Å². The van der Waals surface area contributed by atoms with Crippen LogP contribution in [0.25, 0.3) is 0 Å². The summed E-state index contributed by atoms with van der Waals surface area (Å²) in [5.41, 5.74) is 2.07. The lowest BCUT2D eigenvalue weighted by atomic mass is 10.1. The van der Waals surface area contributed by atoms with Crippen LogP contribution in [0.2, 0.25) is 0 Å². The third-order valence-corrected chi connectivity index (χ3v) is 7.72. The van der Waals surface area contributed by atoms with Crippen molar-refractivity contribution in [3.05, 3.63) is 48.0 Å². The zero-order chi connectivity index (χ0) is 22.6. The van der Waals surface area contributed by atoms with Crippen LogP contribution in [0, 0.1) is 0 Å². The highest BCUT2D eigenvalue weighted by Gasteiger charge is 2.28. The second-order valence-electron chi connectivity index (χ2n) is 7.91. The number of anilines is 2. The summed E-state index contributed by atoms with van der Waals surface area (Å²) in [6, 6.07) is 12.4. The first kappa shape index (κ1) is 22.8. The summed E-state index contributed by atoms with van der Waals surface area (Å²) in [6.07, 6.45) is 1.12. The van der Waals surface area contributed by atoms with Gasteiger partial charge in [-0.25, -0.2) is 8.42 Å². The molecule has 2 fully saturated rings. The lowest BCUT2D eigenvalue weighted by Gasteiger charge is -2.28. The highest BCUT2D eigenvalue weighted by Crippen LogP contribution is 2.35. The zero-order valence-electron chi connectivity index (χ0n) is 18.4. The van der Waals surface area contributed by atoms with Crippen LogP contribution in [-0.2, 0) is 14.8 Å². The van der Waals surface area contributed by atoms with Crippen LogP contribution in [0.4, 0.5) is 11.4 Å². The van der Waals surface area contributed by atoms with Crippen LogP contribution in [0.3, 0.4) is 0 Å². The number of nitrogens with zero attached hydrogens (tertiary/aromatic N) is 2. The van der Waals surface area contributed by atoms with Gasteiger partial charge < -0.3 is 24.8 Å². The predicted molar refractivity (Wildman–Crippen MR) is 124 cm³/mol. The number of ether oxygens (including phenoxy) is 2. The van der Waals surface area contributed by atoms with Crippen LogP contribution in [0.15, 0.2) is 47.4 Å². The van der Waals surface area contributed by atoms with E-state index in [4.69, 9.17) is 9.47 Å². The lowest BCUT2D eigenvalue weighted by molar-refractivity contribution is 0.0730. The predicted octanol–water partition coefficient (Wildman–Crippen LogP) is 2.81. The molecule has 2 aliphatic rings. The SMILES string of the molecule is CCOc1ccccc1[C@H](O)Nc1cc(S(=O)(=O)N2CCOCC2)ccc1N1CCCC1. The number of sulfonamides is 1. The van der Waals surface area contributed by atoms with Gasteiger partial charge in [-0.15, -0.1) is 0 Å². The van der Waals surface area contributed by atoms with Gasteiger partial charge in [-0.05, 0) is 44.0 Å². The van der Waals surface area contributed by atoms with E-state index in [0.717, 1.165) is 31.6 Å². The van der Waals surface area contributed by atoms with E-state index in [-0.39, 0.29) is 4.90 Å². The minimum absolute atomic E-state index is 0.204. The second kappa shape index (κ2) is 10.1. The molecule has 0 aromatic heterocycles.